The first-order valence-electron chi connectivity index (χ1n) is 14.3. The first kappa shape index (κ1) is 31.2. The molecule has 0 bridgehead atoms. The van der Waals surface area contributed by atoms with Gasteiger partial charge in [0.05, 0.1) is 25.4 Å². The van der Waals surface area contributed by atoms with E-state index in [9.17, 15) is 14.7 Å². The second kappa shape index (κ2) is 14.9. The number of aliphatic hydroxyl groups excluding tert-OH is 1. The van der Waals surface area contributed by atoms with Crippen molar-refractivity contribution in [3.8, 4) is 0 Å². The van der Waals surface area contributed by atoms with Crippen LogP contribution in [0.3, 0.4) is 0 Å². The molecule has 1 aliphatic rings. The molecule has 1 fully saturated rings. The predicted octanol–water partition coefficient (Wildman–Crippen LogP) is 5.35. The summed E-state index contributed by atoms with van der Waals surface area (Å²) in [6.07, 6.45) is -1.10. The molecule has 0 aliphatic carbocycles. The number of amides is 2. The van der Waals surface area contributed by atoms with E-state index >= 15 is 0 Å². The molecule has 42 heavy (non-hydrogen) atoms. The van der Waals surface area contributed by atoms with E-state index in [1.165, 1.54) is 5.56 Å². The van der Waals surface area contributed by atoms with Crippen LogP contribution in [0, 0.1) is 5.92 Å². The zero-order chi connectivity index (χ0) is 30.1. The van der Waals surface area contributed by atoms with Crippen molar-refractivity contribution in [2.75, 3.05) is 32.1 Å². The third-order valence-electron chi connectivity index (χ3n) is 7.65. The Morgan fingerprint density at radius 3 is 2.43 bits per heavy atom. The number of hydrogen-bond donors (Lipinski definition) is 3. The van der Waals surface area contributed by atoms with Gasteiger partial charge in [0.1, 0.15) is 6.54 Å². The Morgan fingerprint density at radius 1 is 1.00 bits per heavy atom. The average molecular weight is 576 g/mol. The maximum Gasteiger partial charge on any atom is 0.325 e. The molecule has 1 saturated heterocycles. The summed E-state index contributed by atoms with van der Waals surface area (Å²) in [5.74, 6) is -0.475. The Bertz CT molecular complexity index is 1300. The first-order chi connectivity index (χ1) is 20.3. The Balaban J connectivity index is 1.53. The van der Waals surface area contributed by atoms with Gasteiger partial charge >= 0.3 is 12.0 Å². The molecule has 1 aliphatic heterocycles. The van der Waals surface area contributed by atoms with Crippen LogP contribution in [-0.2, 0) is 25.6 Å². The average Bonchev–Trinajstić information content (AvgIpc) is 3.01. The Kier molecular flexibility index (Phi) is 11.1. The van der Waals surface area contributed by atoms with Crippen LogP contribution in [0.2, 0.25) is 0 Å². The largest absolute Gasteiger partial charge is 0.465 e. The molecule has 224 valence electrons. The SMILES string of the molecule is CCOC(=O)CNC(=O)Nc1cccc([C@@H]2O[C@H](CN(C)[C@@H](C)c3ccccc3)[C@H](C)[C@H](c3ccc(CO)cc3)O2)c1. The molecule has 0 radical (unpaired) electrons. The van der Waals surface area contributed by atoms with Gasteiger partial charge in [-0.25, -0.2) is 4.79 Å². The fourth-order valence-corrected chi connectivity index (χ4v) is 5.06. The minimum Gasteiger partial charge on any atom is -0.465 e. The zero-order valence-corrected chi connectivity index (χ0v) is 24.7. The highest BCUT2D eigenvalue weighted by molar-refractivity contribution is 5.91. The Labute approximate surface area is 247 Å². The summed E-state index contributed by atoms with van der Waals surface area (Å²) in [7, 11) is 2.10. The lowest BCUT2D eigenvalue weighted by Gasteiger charge is -2.43. The van der Waals surface area contributed by atoms with Crippen LogP contribution in [0.15, 0.2) is 78.9 Å². The van der Waals surface area contributed by atoms with Crippen LogP contribution in [0.5, 0.6) is 0 Å². The topological polar surface area (TPSA) is 109 Å². The maximum atomic E-state index is 12.4. The molecule has 3 aromatic carbocycles. The normalized spacial score (nSPS) is 21.0. The van der Waals surface area contributed by atoms with E-state index in [0.29, 0.717) is 12.2 Å². The van der Waals surface area contributed by atoms with Crippen LogP contribution in [0.25, 0.3) is 0 Å². The van der Waals surface area contributed by atoms with Gasteiger partial charge in [0.15, 0.2) is 6.29 Å². The number of likely N-dealkylation sites (N-methyl/N-ethyl adjacent to an activating group) is 1. The minimum atomic E-state index is -0.682. The smallest absolute Gasteiger partial charge is 0.325 e. The number of carbonyl (C=O) groups is 2. The van der Waals surface area contributed by atoms with Crippen molar-refractivity contribution < 1.29 is 28.9 Å². The molecule has 0 saturated carbocycles. The van der Waals surface area contributed by atoms with Crippen molar-refractivity contribution in [1.82, 2.24) is 10.2 Å². The standard InChI is InChI=1S/C33H41N3O6/c1-5-40-30(38)19-34-33(39)35-28-13-9-12-27(18-28)32-41-29(20-36(4)23(3)25-10-7-6-8-11-25)22(2)31(42-32)26-16-14-24(21-37)15-17-26/h6-18,22-23,29,31-32,37H,5,19-21H2,1-4H3,(H2,34,35,39)/t22-,23-,29+,31+,32+/m0/s1. The Morgan fingerprint density at radius 2 is 1.74 bits per heavy atom. The van der Waals surface area contributed by atoms with Gasteiger partial charge in [-0.1, -0.05) is 73.7 Å². The summed E-state index contributed by atoms with van der Waals surface area (Å²) in [5, 5.41) is 14.8. The van der Waals surface area contributed by atoms with E-state index in [-0.39, 0.29) is 43.9 Å². The van der Waals surface area contributed by atoms with Gasteiger partial charge in [-0.2, -0.15) is 0 Å². The van der Waals surface area contributed by atoms with Crippen molar-refractivity contribution in [1.29, 1.82) is 0 Å². The van der Waals surface area contributed by atoms with Gasteiger partial charge in [-0.15, -0.1) is 0 Å². The summed E-state index contributed by atoms with van der Waals surface area (Å²) in [6, 6.07) is 25.2. The molecule has 9 heteroatoms. The van der Waals surface area contributed by atoms with Crippen molar-refractivity contribution in [3.05, 3.63) is 101 Å². The lowest BCUT2D eigenvalue weighted by Crippen LogP contribution is -2.44. The highest BCUT2D eigenvalue weighted by Gasteiger charge is 2.39. The number of rotatable bonds is 11. The fraction of sp³-hybridized carbons (Fsp3) is 0.394. The molecule has 2 amide bonds. The molecule has 4 rings (SSSR count). The number of nitrogens with zero attached hydrogens (tertiary/aromatic N) is 1. The fourth-order valence-electron chi connectivity index (χ4n) is 5.06. The highest BCUT2D eigenvalue weighted by atomic mass is 16.7. The predicted molar refractivity (Wildman–Crippen MR) is 161 cm³/mol. The van der Waals surface area contributed by atoms with Crippen LogP contribution in [-0.4, -0.2) is 54.9 Å². The number of esters is 1. The molecule has 0 unspecified atom stereocenters. The van der Waals surface area contributed by atoms with E-state index in [1.54, 1.807) is 13.0 Å². The van der Waals surface area contributed by atoms with Crippen LogP contribution in [0.1, 0.15) is 61.5 Å². The van der Waals surface area contributed by atoms with Crippen molar-refractivity contribution in [2.45, 2.75) is 51.9 Å². The highest BCUT2D eigenvalue weighted by Crippen LogP contribution is 2.42. The number of hydrogen-bond acceptors (Lipinski definition) is 7. The summed E-state index contributed by atoms with van der Waals surface area (Å²) in [6.45, 7) is 6.71. The molecule has 3 aromatic rings. The van der Waals surface area contributed by atoms with Gasteiger partial charge in [-0.3, -0.25) is 9.69 Å². The van der Waals surface area contributed by atoms with Gasteiger partial charge in [0.25, 0.3) is 0 Å². The first-order valence-corrected chi connectivity index (χ1v) is 14.3. The number of anilines is 1. The summed E-state index contributed by atoms with van der Waals surface area (Å²) < 4.78 is 18.0. The molecule has 1 heterocycles. The van der Waals surface area contributed by atoms with Crippen molar-refractivity contribution in [3.63, 3.8) is 0 Å². The van der Waals surface area contributed by atoms with Crippen LogP contribution >= 0.6 is 0 Å². The van der Waals surface area contributed by atoms with E-state index in [1.807, 2.05) is 60.7 Å². The maximum absolute atomic E-state index is 12.4. The molecular weight excluding hydrogens is 534 g/mol. The van der Waals surface area contributed by atoms with Gasteiger partial charge in [-0.05, 0) is 49.7 Å². The summed E-state index contributed by atoms with van der Waals surface area (Å²) in [5.41, 5.74) is 4.36. The van der Waals surface area contributed by atoms with E-state index in [0.717, 1.165) is 16.7 Å². The van der Waals surface area contributed by atoms with E-state index in [2.05, 4.69) is 48.6 Å². The molecule has 5 atom stereocenters. The number of benzene rings is 3. The number of ether oxygens (including phenoxy) is 3. The lowest BCUT2D eigenvalue weighted by atomic mass is 9.89. The molecule has 0 spiro atoms. The quantitative estimate of drug-likeness (QED) is 0.265. The summed E-state index contributed by atoms with van der Waals surface area (Å²) in [4.78, 5) is 26.3. The van der Waals surface area contributed by atoms with Crippen molar-refractivity contribution >= 4 is 17.7 Å². The van der Waals surface area contributed by atoms with Gasteiger partial charge in [0, 0.05) is 29.8 Å². The van der Waals surface area contributed by atoms with Crippen molar-refractivity contribution in [2.24, 2.45) is 5.92 Å². The third-order valence-corrected chi connectivity index (χ3v) is 7.65. The van der Waals surface area contributed by atoms with Gasteiger partial charge in [0.2, 0.25) is 0 Å². The molecular formula is C33H41N3O6. The van der Waals surface area contributed by atoms with Crippen LogP contribution < -0.4 is 10.6 Å². The van der Waals surface area contributed by atoms with E-state index < -0.39 is 18.3 Å². The third kappa shape index (κ3) is 8.17. The second-order valence-corrected chi connectivity index (χ2v) is 10.6. The van der Waals surface area contributed by atoms with E-state index in [4.69, 9.17) is 14.2 Å². The monoisotopic (exact) mass is 575 g/mol. The number of urea groups is 1. The van der Waals surface area contributed by atoms with Gasteiger partial charge < -0.3 is 30.0 Å². The molecule has 3 N–H and O–H groups in total. The zero-order valence-electron chi connectivity index (χ0n) is 24.7. The lowest BCUT2D eigenvalue weighted by molar-refractivity contribution is -0.276. The minimum absolute atomic E-state index is 0.0228. The molecule has 0 aromatic heterocycles. The Hall–Kier alpha value is -3.76. The second-order valence-electron chi connectivity index (χ2n) is 10.6. The molecule has 9 nitrogen and oxygen atoms in total. The number of aliphatic hydroxyl groups is 1. The number of nitrogens with one attached hydrogen (secondary N) is 2. The van der Waals surface area contributed by atoms with Crippen LogP contribution in [0.4, 0.5) is 10.5 Å². The summed E-state index contributed by atoms with van der Waals surface area (Å²) >= 11 is 0. The number of carbonyl (C=O) groups excluding carboxylic acids is 2.